The summed E-state index contributed by atoms with van der Waals surface area (Å²) in [7, 11) is 0. The van der Waals surface area contributed by atoms with Gasteiger partial charge in [-0.25, -0.2) is 0 Å². The monoisotopic (exact) mass is 259 g/mol. The van der Waals surface area contributed by atoms with Gasteiger partial charge in [-0.1, -0.05) is 13.3 Å². The molecule has 1 aromatic carbocycles. The van der Waals surface area contributed by atoms with Crippen LogP contribution in [0.5, 0.6) is 5.75 Å². The lowest BCUT2D eigenvalue weighted by molar-refractivity contribution is 0.0954. The Kier molecular flexibility index (Phi) is 7.19. The second-order valence-electron chi connectivity index (χ2n) is 4.16. The number of carbonyl (C=O) groups is 1. The molecule has 0 saturated carbocycles. The van der Waals surface area contributed by atoms with Crippen molar-refractivity contribution in [2.45, 2.75) is 33.1 Å². The number of benzene rings is 1. The lowest BCUT2D eigenvalue weighted by Gasteiger charge is -2.06. The Morgan fingerprint density at radius 2 is 2.05 bits per heavy atom. The van der Waals surface area contributed by atoms with Crippen molar-refractivity contribution in [3.8, 4) is 17.6 Å². The summed E-state index contributed by atoms with van der Waals surface area (Å²) >= 11 is 0. The fourth-order valence-electron chi connectivity index (χ4n) is 1.50. The quantitative estimate of drug-likeness (QED) is 0.604. The van der Waals surface area contributed by atoms with Gasteiger partial charge in [0.15, 0.2) is 0 Å². The molecule has 0 spiro atoms. The van der Waals surface area contributed by atoms with Crippen LogP contribution in [-0.4, -0.2) is 19.1 Å². The molecule has 0 radical (unpaired) electrons. The van der Waals surface area contributed by atoms with Crippen LogP contribution in [0.4, 0.5) is 0 Å². The van der Waals surface area contributed by atoms with Gasteiger partial charge in [0.1, 0.15) is 5.75 Å². The van der Waals surface area contributed by atoms with Crippen LogP contribution in [0.3, 0.4) is 0 Å². The molecule has 0 fully saturated rings. The Morgan fingerprint density at radius 3 is 2.68 bits per heavy atom. The van der Waals surface area contributed by atoms with Gasteiger partial charge in [0.05, 0.1) is 6.61 Å². The topological polar surface area (TPSA) is 38.3 Å². The number of hydrogen-bond acceptors (Lipinski definition) is 2. The summed E-state index contributed by atoms with van der Waals surface area (Å²) in [6, 6.07) is 7.22. The number of rotatable bonds is 7. The molecule has 19 heavy (non-hydrogen) atoms. The number of carbonyl (C=O) groups excluding carboxylic acids is 1. The predicted molar refractivity (Wildman–Crippen MR) is 77.2 cm³/mol. The standard InChI is InChI=1S/C16H21NO2/c1-3-5-7-12-17-16(18)14-8-10-15(11-9-14)19-13-6-4-2/h8-11H,4,6-7,12-13H2,1-2H3,(H,17,18). The first-order valence-electron chi connectivity index (χ1n) is 6.68. The van der Waals surface area contributed by atoms with Gasteiger partial charge in [0, 0.05) is 18.5 Å². The van der Waals surface area contributed by atoms with E-state index in [-0.39, 0.29) is 5.91 Å². The third-order valence-electron chi connectivity index (χ3n) is 2.60. The molecule has 0 unspecified atom stereocenters. The predicted octanol–water partition coefficient (Wildman–Crippen LogP) is 3.01. The molecule has 3 heteroatoms. The van der Waals surface area contributed by atoms with E-state index in [1.54, 1.807) is 19.1 Å². The molecule has 1 N–H and O–H groups in total. The van der Waals surface area contributed by atoms with Crippen LogP contribution >= 0.6 is 0 Å². The van der Waals surface area contributed by atoms with Gasteiger partial charge >= 0.3 is 0 Å². The lowest BCUT2D eigenvalue weighted by atomic mass is 10.2. The van der Waals surface area contributed by atoms with Crippen molar-refractivity contribution in [2.24, 2.45) is 0 Å². The lowest BCUT2D eigenvalue weighted by Crippen LogP contribution is -2.24. The maximum Gasteiger partial charge on any atom is 0.251 e. The van der Waals surface area contributed by atoms with Gasteiger partial charge < -0.3 is 10.1 Å². The van der Waals surface area contributed by atoms with Crippen molar-refractivity contribution in [3.63, 3.8) is 0 Å². The first-order valence-corrected chi connectivity index (χ1v) is 6.68. The zero-order chi connectivity index (χ0) is 13.9. The zero-order valence-corrected chi connectivity index (χ0v) is 11.7. The molecule has 1 aromatic rings. The number of nitrogens with one attached hydrogen (secondary N) is 1. The highest BCUT2D eigenvalue weighted by molar-refractivity contribution is 5.94. The average Bonchev–Trinajstić information content (AvgIpc) is 2.44. The highest BCUT2D eigenvalue weighted by Crippen LogP contribution is 2.12. The summed E-state index contributed by atoms with van der Waals surface area (Å²) in [5, 5.41) is 2.82. The largest absolute Gasteiger partial charge is 0.494 e. The van der Waals surface area contributed by atoms with Crippen molar-refractivity contribution in [3.05, 3.63) is 29.8 Å². The van der Waals surface area contributed by atoms with Crippen LogP contribution in [0.15, 0.2) is 24.3 Å². The van der Waals surface area contributed by atoms with Crippen LogP contribution < -0.4 is 10.1 Å². The number of amides is 1. The van der Waals surface area contributed by atoms with E-state index < -0.39 is 0 Å². The summed E-state index contributed by atoms with van der Waals surface area (Å²) in [5.74, 6) is 6.44. The van der Waals surface area contributed by atoms with Crippen molar-refractivity contribution < 1.29 is 9.53 Å². The molecular formula is C16H21NO2. The Hall–Kier alpha value is -1.95. The normalized spacial score (nSPS) is 9.37. The van der Waals surface area contributed by atoms with Crippen LogP contribution in [0.2, 0.25) is 0 Å². The van der Waals surface area contributed by atoms with Crippen LogP contribution in [0.1, 0.15) is 43.5 Å². The molecular weight excluding hydrogens is 238 g/mol. The van der Waals surface area contributed by atoms with Crippen LogP contribution in [0, 0.1) is 11.8 Å². The van der Waals surface area contributed by atoms with Gasteiger partial charge in [-0.3, -0.25) is 4.79 Å². The fraction of sp³-hybridized carbons (Fsp3) is 0.438. The van der Waals surface area contributed by atoms with E-state index in [0.717, 1.165) is 25.2 Å². The first-order chi connectivity index (χ1) is 9.27. The van der Waals surface area contributed by atoms with Gasteiger partial charge in [0.2, 0.25) is 0 Å². The van der Waals surface area contributed by atoms with Crippen LogP contribution in [-0.2, 0) is 0 Å². The Morgan fingerprint density at radius 1 is 1.32 bits per heavy atom. The molecule has 0 aliphatic rings. The Balaban J connectivity index is 2.41. The highest BCUT2D eigenvalue weighted by Gasteiger charge is 2.04. The third-order valence-corrected chi connectivity index (χ3v) is 2.60. The molecule has 102 valence electrons. The molecule has 0 bridgehead atoms. The summed E-state index contributed by atoms with van der Waals surface area (Å²) in [6.07, 6.45) is 2.84. The second kappa shape index (κ2) is 9.04. The minimum Gasteiger partial charge on any atom is -0.494 e. The van der Waals surface area contributed by atoms with Crippen LogP contribution in [0.25, 0.3) is 0 Å². The van der Waals surface area contributed by atoms with Gasteiger partial charge in [-0.15, -0.1) is 11.8 Å². The fourth-order valence-corrected chi connectivity index (χ4v) is 1.50. The molecule has 1 amide bonds. The first kappa shape index (κ1) is 15.1. The van der Waals surface area contributed by atoms with Gasteiger partial charge in [-0.05, 0) is 37.6 Å². The summed E-state index contributed by atoms with van der Waals surface area (Å²) in [4.78, 5) is 11.8. The molecule has 0 atom stereocenters. The maximum atomic E-state index is 11.8. The second-order valence-corrected chi connectivity index (χ2v) is 4.16. The minimum absolute atomic E-state index is 0.0713. The number of unbranched alkanes of at least 4 members (excludes halogenated alkanes) is 1. The van der Waals surface area contributed by atoms with E-state index in [2.05, 4.69) is 24.1 Å². The maximum absolute atomic E-state index is 11.8. The van der Waals surface area contributed by atoms with E-state index in [1.165, 1.54) is 0 Å². The smallest absolute Gasteiger partial charge is 0.251 e. The van der Waals surface area contributed by atoms with E-state index in [9.17, 15) is 4.79 Å². The Labute approximate surface area is 115 Å². The molecule has 0 saturated heterocycles. The molecule has 0 aromatic heterocycles. The van der Waals surface area contributed by atoms with E-state index in [0.29, 0.717) is 18.5 Å². The number of ether oxygens (including phenoxy) is 1. The molecule has 1 rings (SSSR count). The SMILES string of the molecule is CC#CCCNC(=O)c1ccc(OCCCC)cc1. The molecule has 0 aliphatic carbocycles. The molecule has 0 aliphatic heterocycles. The molecule has 0 heterocycles. The van der Waals surface area contributed by atoms with Crippen molar-refractivity contribution in [1.82, 2.24) is 5.32 Å². The van der Waals surface area contributed by atoms with Gasteiger partial charge in [0.25, 0.3) is 5.91 Å². The van der Waals surface area contributed by atoms with Crippen molar-refractivity contribution in [1.29, 1.82) is 0 Å². The number of hydrogen-bond donors (Lipinski definition) is 1. The summed E-state index contributed by atoms with van der Waals surface area (Å²) in [6.45, 7) is 5.21. The molecule has 3 nitrogen and oxygen atoms in total. The van der Waals surface area contributed by atoms with E-state index >= 15 is 0 Å². The zero-order valence-electron chi connectivity index (χ0n) is 11.7. The van der Waals surface area contributed by atoms with Crippen molar-refractivity contribution >= 4 is 5.91 Å². The Bertz CT molecular complexity index is 440. The van der Waals surface area contributed by atoms with E-state index in [1.807, 2.05) is 12.1 Å². The van der Waals surface area contributed by atoms with Crippen molar-refractivity contribution in [2.75, 3.05) is 13.2 Å². The minimum atomic E-state index is -0.0713. The third kappa shape index (κ3) is 5.96. The average molecular weight is 259 g/mol. The highest BCUT2D eigenvalue weighted by atomic mass is 16.5. The summed E-state index contributed by atoms with van der Waals surface area (Å²) < 4.78 is 5.54. The van der Waals surface area contributed by atoms with E-state index in [4.69, 9.17) is 4.74 Å². The summed E-state index contributed by atoms with van der Waals surface area (Å²) in [5.41, 5.74) is 0.646. The van der Waals surface area contributed by atoms with Gasteiger partial charge in [-0.2, -0.15) is 0 Å².